The van der Waals surface area contributed by atoms with E-state index in [9.17, 15) is 0 Å². The van der Waals surface area contributed by atoms with Gasteiger partial charge in [0.2, 0.25) is 0 Å². The highest BCUT2D eigenvalue weighted by molar-refractivity contribution is 6.03. The van der Waals surface area contributed by atoms with Crippen molar-refractivity contribution in [3.63, 3.8) is 0 Å². The van der Waals surface area contributed by atoms with Crippen molar-refractivity contribution in [1.82, 2.24) is 0 Å². The van der Waals surface area contributed by atoms with E-state index in [1.54, 1.807) is 13.2 Å². The van der Waals surface area contributed by atoms with Crippen molar-refractivity contribution in [1.29, 1.82) is 0 Å². The first-order valence-corrected chi connectivity index (χ1v) is 3.79. The molecule has 0 aliphatic rings. The lowest BCUT2D eigenvalue weighted by Crippen LogP contribution is -2.21. The lowest BCUT2D eigenvalue weighted by atomic mass is 9.86. The molecule has 0 fully saturated rings. The summed E-state index contributed by atoms with van der Waals surface area (Å²) in [5.74, 6) is 0. The maximum absolute atomic E-state index is 5.40. The first-order valence-electron chi connectivity index (χ1n) is 3.79. The molecule has 0 heterocycles. The highest BCUT2D eigenvalue weighted by Gasteiger charge is 2.18. The van der Waals surface area contributed by atoms with Crippen LogP contribution in [-0.2, 0) is 0 Å². The van der Waals surface area contributed by atoms with Gasteiger partial charge in [-0.1, -0.05) is 20.8 Å². The van der Waals surface area contributed by atoms with Gasteiger partial charge in [0.15, 0.2) is 0 Å². The number of nitrogens with two attached hydrogens (primary N) is 1. The van der Waals surface area contributed by atoms with Crippen molar-refractivity contribution in [2.75, 3.05) is 7.05 Å². The Kier molecular flexibility index (Phi) is 3.30. The van der Waals surface area contributed by atoms with Gasteiger partial charge in [-0.2, -0.15) is 0 Å². The maximum Gasteiger partial charge on any atom is 0.0441 e. The maximum atomic E-state index is 5.40. The van der Waals surface area contributed by atoms with Crippen LogP contribution in [0.3, 0.4) is 0 Å². The average Bonchev–Trinajstić information content (AvgIpc) is 1.86. The van der Waals surface area contributed by atoms with E-state index in [1.165, 1.54) is 0 Å². The van der Waals surface area contributed by atoms with Crippen LogP contribution in [0.1, 0.15) is 27.7 Å². The van der Waals surface area contributed by atoms with Gasteiger partial charge in [0.05, 0.1) is 0 Å². The van der Waals surface area contributed by atoms with E-state index in [2.05, 4.69) is 25.8 Å². The van der Waals surface area contributed by atoms with Crippen molar-refractivity contribution in [2.45, 2.75) is 27.7 Å². The molecule has 0 saturated carbocycles. The van der Waals surface area contributed by atoms with Gasteiger partial charge in [0.25, 0.3) is 0 Å². The molecule has 0 atom stereocenters. The summed E-state index contributed by atoms with van der Waals surface area (Å²) in [5.41, 5.74) is 7.62. The van der Waals surface area contributed by atoms with Gasteiger partial charge in [-0.15, -0.1) is 0 Å². The summed E-state index contributed by atoms with van der Waals surface area (Å²) < 4.78 is 0. The molecule has 0 aromatic carbocycles. The number of rotatable bonds is 1. The summed E-state index contributed by atoms with van der Waals surface area (Å²) in [6.45, 7) is 8.36. The van der Waals surface area contributed by atoms with E-state index in [4.69, 9.17) is 5.73 Å². The average molecular weight is 154 g/mol. The van der Waals surface area contributed by atoms with Gasteiger partial charge in [-0.25, -0.2) is 0 Å². The van der Waals surface area contributed by atoms with E-state index >= 15 is 0 Å². The summed E-state index contributed by atoms with van der Waals surface area (Å²) in [4.78, 5) is 4.20. The fourth-order valence-electron chi connectivity index (χ4n) is 1.18. The summed E-state index contributed by atoms with van der Waals surface area (Å²) in [5, 5.41) is 0. The molecule has 0 rings (SSSR count). The summed E-state index contributed by atoms with van der Waals surface area (Å²) in [6.07, 6.45) is 1.60. The van der Waals surface area contributed by atoms with Crippen LogP contribution in [0.5, 0.6) is 0 Å². The minimum atomic E-state index is 0.0920. The van der Waals surface area contributed by atoms with E-state index in [0.717, 1.165) is 11.3 Å². The Bertz CT molecular complexity index is 182. The minimum Gasteiger partial charge on any atom is -0.404 e. The van der Waals surface area contributed by atoms with Gasteiger partial charge in [-0.05, 0) is 18.7 Å². The lowest BCUT2D eigenvalue weighted by molar-refractivity contribution is 0.590. The molecular formula is C9H18N2. The van der Waals surface area contributed by atoms with Gasteiger partial charge < -0.3 is 5.73 Å². The Morgan fingerprint density at radius 3 is 1.91 bits per heavy atom. The van der Waals surface area contributed by atoms with E-state index < -0.39 is 0 Å². The third-order valence-electron chi connectivity index (χ3n) is 1.56. The van der Waals surface area contributed by atoms with Crippen LogP contribution < -0.4 is 5.73 Å². The molecule has 0 amide bonds. The molecule has 0 bridgehead atoms. The van der Waals surface area contributed by atoms with Crippen LogP contribution in [0.2, 0.25) is 0 Å². The van der Waals surface area contributed by atoms with Crippen molar-refractivity contribution in [3.8, 4) is 0 Å². The van der Waals surface area contributed by atoms with Crippen molar-refractivity contribution < 1.29 is 0 Å². The zero-order valence-electron chi connectivity index (χ0n) is 8.10. The second-order valence-corrected chi connectivity index (χ2v) is 3.67. The molecule has 0 aliphatic heterocycles. The number of hydrogen-bond donors (Lipinski definition) is 1. The Balaban J connectivity index is 4.73. The van der Waals surface area contributed by atoms with E-state index in [-0.39, 0.29) is 5.41 Å². The molecule has 64 valence electrons. The molecular weight excluding hydrogens is 136 g/mol. The first kappa shape index (κ1) is 10.2. The predicted octanol–water partition coefficient (Wildman–Crippen LogP) is 1.97. The number of hydrogen-bond acceptors (Lipinski definition) is 2. The molecule has 0 radical (unpaired) electrons. The van der Waals surface area contributed by atoms with Crippen LogP contribution in [0.25, 0.3) is 0 Å². The highest BCUT2D eigenvalue weighted by atomic mass is 14.7. The van der Waals surface area contributed by atoms with Crippen LogP contribution in [-0.4, -0.2) is 12.8 Å². The van der Waals surface area contributed by atoms with Crippen LogP contribution in [0.15, 0.2) is 16.8 Å². The second kappa shape index (κ2) is 3.56. The largest absolute Gasteiger partial charge is 0.404 e. The van der Waals surface area contributed by atoms with Gasteiger partial charge in [0, 0.05) is 18.2 Å². The third-order valence-corrected chi connectivity index (χ3v) is 1.56. The van der Waals surface area contributed by atoms with Gasteiger partial charge in [-0.3, -0.25) is 4.99 Å². The Labute approximate surface area is 69.2 Å². The zero-order chi connectivity index (χ0) is 9.07. The van der Waals surface area contributed by atoms with Crippen molar-refractivity contribution in [2.24, 2.45) is 16.1 Å². The molecule has 0 aliphatic carbocycles. The number of allylic oxidation sites excluding steroid dienone is 1. The molecule has 2 heteroatoms. The van der Waals surface area contributed by atoms with E-state index in [0.29, 0.717) is 0 Å². The lowest BCUT2D eigenvalue weighted by Gasteiger charge is -2.21. The molecule has 0 unspecified atom stereocenters. The summed E-state index contributed by atoms with van der Waals surface area (Å²) >= 11 is 0. The Morgan fingerprint density at radius 1 is 1.36 bits per heavy atom. The van der Waals surface area contributed by atoms with E-state index in [1.807, 2.05) is 6.92 Å². The normalized spacial score (nSPS) is 15.4. The van der Waals surface area contributed by atoms with Crippen LogP contribution in [0, 0.1) is 5.41 Å². The predicted molar refractivity (Wildman–Crippen MR) is 50.8 cm³/mol. The molecule has 0 aromatic rings. The smallest absolute Gasteiger partial charge is 0.0441 e. The fourth-order valence-corrected chi connectivity index (χ4v) is 1.18. The van der Waals surface area contributed by atoms with Gasteiger partial charge in [0.1, 0.15) is 0 Å². The Morgan fingerprint density at radius 2 is 1.82 bits per heavy atom. The molecule has 2 N–H and O–H groups in total. The zero-order valence-corrected chi connectivity index (χ0v) is 8.10. The monoisotopic (exact) mass is 154 g/mol. The minimum absolute atomic E-state index is 0.0920. The van der Waals surface area contributed by atoms with Crippen molar-refractivity contribution in [3.05, 3.63) is 11.8 Å². The molecule has 2 nitrogen and oxygen atoms in total. The third kappa shape index (κ3) is 2.74. The quantitative estimate of drug-likeness (QED) is 0.576. The number of aliphatic imine (C=N–C) groups is 1. The molecule has 0 spiro atoms. The molecule has 0 saturated heterocycles. The summed E-state index contributed by atoms with van der Waals surface area (Å²) in [6, 6.07) is 0. The SMILES string of the molecule is CN=C(C(C)=CN)C(C)(C)C. The standard InChI is InChI=1S/C9H18N2/c1-7(6-10)8(11-5)9(2,3)4/h6H,10H2,1-5H3. The number of nitrogens with zero attached hydrogens (tertiary/aromatic N) is 1. The molecule has 0 aromatic heterocycles. The highest BCUT2D eigenvalue weighted by Crippen LogP contribution is 2.20. The van der Waals surface area contributed by atoms with Crippen LogP contribution in [0.4, 0.5) is 0 Å². The first-order chi connectivity index (χ1) is 4.93. The summed E-state index contributed by atoms with van der Waals surface area (Å²) in [7, 11) is 1.80. The topological polar surface area (TPSA) is 38.4 Å². The fraction of sp³-hybridized carbons (Fsp3) is 0.667. The second-order valence-electron chi connectivity index (χ2n) is 3.67. The van der Waals surface area contributed by atoms with Gasteiger partial charge >= 0.3 is 0 Å². The molecule has 11 heavy (non-hydrogen) atoms. The van der Waals surface area contributed by atoms with Crippen LogP contribution >= 0.6 is 0 Å². The van der Waals surface area contributed by atoms with Crippen molar-refractivity contribution >= 4 is 5.71 Å². The Hall–Kier alpha value is -0.790.